The van der Waals surface area contributed by atoms with Crippen LogP contribution in [0, 0.1) is 6.92 Å². The van der Waals surface area contributed by atoms with E-state index in [0.29, 0.717) is 0 Å². The Hall–Kier alpha value is -1.23. The summed E-state index contributed by atoms with van der Waals surface area (Å²) >= 11 is 3.46. The minimum atomic E-state index is 0.856. The molecule has 1 aliphatic heterocycles. The van der Waals surface area contributed by atoms with E-state index in [0.717, 1.165) is 28.2 Å². The van der Waals surface area contributed by atoms with Gasteiger partial charge in [-0.3, -0.25) is 5.10 Å². The van der Waals surface area contributed by atoms with E-state index in [9.17, 15) is 0 Å². The SMILES string of the molecule is Cc1cc(NC2=CC(Br)=CN(C)C2)n[nH]1. The third kappa shape index (κ3) is 2.62. The van der Waals surface area contributed by atoms with Gasteiger partial charge in [0.15, 0.2) is 5.82 Å². The Morgan fingerprint density at radius 2 is 2.40 bits per heavy atom. The Bertz CT molecular complexity index is 419. The quantitative estimate of drug-likeness (QED) is 0.865. The van der Waals surface area contributed by atoms with Gasteiger partial charge >= 0.3 is 0 Å². The van der Waals surface area contributed by atoms with Gasteiger partial charge in [-0.25, -0.2) is 0 Å². The molecule has 0 bridgehead atoms. The van der Waals surface area contributed by atoms with E-state index in [4.69, 9.17) is 0 Å². The van der Waals surface area contributed by atoms with E-state index in [1.807, 2.05) is 26.2 Å². The molecule has 80 valence electrons. The zero-order valence-electron chi connectivity index (χ0n) is 8.71. The summed E-state index contributed by atoms with van der Waals surface area (Å²) in [4.78, 5) is 2.10. The Kier molecular flexibility index (Phi) is 2.81. The van der Waals surface area contributed by atoms with Gasteiger partial charge < -0.3 is 10.2 Å². The molecule has 0 aliphatic carbocycles. The monoisotopic (exact) mass is 268 g/mol. The predicted octanol–water partition coefficient (Wildman–Crippen LogP) is 2.20. The summed E-state index contributed by atoms with van der Waals surface area (Å²) in [6.07, 6.45) is 4.10. The molecule has 5 heteroatoms. The molecule has 2 heterocycles. The van der Waals surface area contributed by atoms with Gasteiger partial charge in [0.2, 0.25) is 0 Å². The first-order valence-corrected chi connectivity index (χ1v) is 5.50. The molecule has 0 fully saturated rings. The molecule has 1 aromatic heterocycles. The number of halogens is 1. The number of H-pyrrole nitrogens is 1. The topological polar surface area (TPSA) is 44.0 Å². The summed E-state index contributed by atoms with van der Waals surface area (Å²) in [7, 11) is 2.03. The average molecular weight is 269 g/mol. The van der Waals surface area contributed by atoms with Crippen LogP contribution in [0.1, 0.15) is 5.69 Å². The van der Waals surface area contributed by atoms with Crippen molar-refractivity contribution >= 4 is 21.7 Å². The highest BCUT2D eigenvalue weighted by Gasteiger charge is 2.08. The van der Waals surface area contributed by atoms with E-state index in [1.165, 1.54) is 0 Å². The molecule has 0 unspecified atom stereocenters. The van der Waals surface area contributed by atoms with Gasteiger partial charge in [0.25, 0.3) is 0 Å². The van der Waals surface area contributed by atoms with Gasteiger partial charge in [0, 0.05) is 35.2 Å². The zero-order chi connectivity index (χ0) is 10.8. The van der Waals surface area contributed by atoms with Gasteiger partial charge in [-0.05, 0) is 28.9 Å². The number of hydrogen-bond donors (Lipinski definition) is 2. The summed E-state index contributed by atoms with van der Waals surface area (Å²) in [6.45, 7) is 2.84. The number of allylic oxidation sites excluding steroid dienone is 2. The molecule has 0 atom stereocenters. The smallest absolute Gasteiger partial charge is 0.152 e. The molecular formula is C10H13BrN4. The minimum Gasteiger partial charge on any atom is -0.374 e. The van der Waals surface area contributed by atoms with Crippen molar-refractivity contribution in [3.05, 3.63) is 34.2 Å². The lowest BCUT2D eigenvalue weighted by molar-refractivity contribution is 0.491. The molecule has 2 rings (SSSR count). The van der Waals surface area contributed by atoms with E-state index in [-0.39, 0.29) is 0 Å². The lowest BCUT2D eigenvalue weighted by atomic mass is 10.3. The standard InChI is InChI=1S/C10H13BrN4/c1-7-3-10(14-13-7)12-9-4-8(11)5-15(2)6-9/h3-5H,6H2,1-2H3,(H2,12,13,14). The van der Waals surface area contributed by atoms with Crippen molar-refractivity contribution in [2.45, 2.75) is 6.92 Å². The van der Waals surface area contributed by atoms with Crippen molar-refractivity contribution in [1.29, 1.82) is 0 Å². The second kappa shape index (κ2) is 4.10. The van der Waals surface area contributed by atoms with Gasteiger partial charge in [-0.2, -0.15) is 5.10 Å². The summed E-state index contributed by atoms with van der Waals surface area (Å²) in [6, 6.07) is 1.98. The highest BCUT2D eigenvalue weighted by molar-refractivity contribution is 9.11. The lowest BCUT2D eigenvalue weighted by Gasteiger charge is -2.21. The van der Waals surface area contributed by atoms with Crippen LogP contribution in [0.2, 0.25) is 0 Å². The van der Waals surface area contributed by atoms with E-state index in [2.05, 4.69) is 42.4 Å². The van der Waals surface area contributed by atoms with Crippen LogP contribution in [0.3, 0.4) is 0 Å². The maximum atomic E-state index is 4.13. The predicted molar refractivity (Wildman–Crippen MR) is 64.7 cm³/mol. The maximum absolute atomic E-state index is 4.13. The van der Waals surface area contributed by atoms with Crippen LogP contribution >= 0.6 is 15.9 Å². The second-order valence-corrected chi connectivity index (χ2v) is 4.58. The normalized spacial score (nSPS) is 16.1. The Labute approximate surface area is 97.2 Å². The van der Waals surface area contributed by atoms with Gasteiger partial charge in [0.1, 0.15) is 0 Å². The molecule has 4 nitrogen and oxygen atoms in total. The third-order valence-corrected chi connectivity index (χ3v) is 2.50. The van der Waals surface area contributed by atoms with Gasteiger partial charge in [0.05, 0.1) is 6.54 Å². The molecule has 1 aromatic rings. The number of rotatable bonds is 2. The van der Waals surface area contributed by atoms with Crippen LogP contribution in [-0.4, -0.2) is 28.7 Å². The maximum Gasteiger partial charge on any atom is 0.152 e. The molecule has 0 saturated carbocycles. The number of aromatic amines is 1. The first kappa shape index (κ1) is 10.3. The number of aryl methyl sites for hydroxylation is 1. The van der Waals surface area contributed by atoms with Crippen LogP contribution in [0.15, 0.2) is 28.5 Å². The van der Waals surface area contributed by atoms with Crippen molar-refractivity contribution in [1.82, 2.24) is 15.1 Å². The number of likely N-dealkylation sites (N-methyl/N-ethyl adjacent to an activating group) is 1. The summed E-state index contributed by atoms with van der Waals surface area (Å²) in [5.41, 5.74) is 2.18. The summed E-state index contributed by atoms with van der Waals surface area (Å²) < 4.78 is 1.06. The second-order valence-electron chi connectivity index (χ2n) is 3.66. The van der Waals surface area contributed by atoms with Crippen LogP contribution in [0.4, 0.5) is 5.82 Å². The molecule has 15 heavy (non-hydrogen) atoms. The lowest BCUT2D eigenvalue weighted by Crippen LogP contribution is -2.21. The van der Waals surface area contributed by atoms with Gasteiger partial charge in [-0.15, -0.1) is 0 Å². The van der Waals surface area contributed by atoms with Crippen LogP contribution in [-0.2, 0) is 0 Å². The molecule has 0 spiro atoms. The first-order chi connectivity index (χ1) is 7.13. The molecule has 0 aromatic carbocycles. The van der Waals surface area contributed by atoms with E-state index in [1.54, 1.807) is 0 Å². The molecule has 0 radical (unpaired) electrons. The molecule has 0 saturated heterocycles. The number of nitrogens with one attached hydrogen (secondary N) is 2. The molecule has 2 N–H and O–H groups in total. The average Bonchev–Trinajstić information content (AvgIpc) is 2.49. The zero-order valence-corrected chi connectivity index (χ0v) is 10.3. The van der Waals surface area contributed by atoms with Crippen molar-refractivity contribution in [2.24, 2.45) is 0 Å². The highest BCUT2D eigenvalue weighted by atomic mass is 79.9. The van der Waals surface area contributed by atoms with E-state index >= 15 is 0 Å². The summed E-state index contributed by atoms with van der Waals surface area (Å²) in [5.74, 6) is 0.856. The van der Waals surface area contributed by atoms with Crippen molar-refractivity contribution < 1.29 is 0 Å². The van der Waals surface area contributed by atoms with Crippen molar-refractivity contribution in [3.63, 3.8) is 0 Å². The molecule has 0 amide bonds. The van der Waals surface area contributed by atoms with E-state index < -0.39 is 0 Å². The number of nitrogens with zero attached hydrogens (tertiary/aromatic N) is 2. The highest BCUT2D eigenvalue weighted by Crippen LogP contribution is 2.18. The fourth-order valence-electron chi connectivity index (χ4n) is 1.50. The minimum absolute atomic E-state index is 0.856. The Morgan fingerprint density at radius 1 is 1.60 bits per heavy atom. The molecular weight excluding hydrogens is 256 g/mol. The Balaban J connectivity index is 2.10. The number of hydrogen-bond acceptors (Lipinski definition) is 3. The molecule has 1 aliphatic rings. The van der Waals surface area contributed by atoms with Crippen LogP contribution in [0.5, 0.6) is 0 Å². The van der Waals surface area contributed by atoms with Gasteiger partial charge in [-0.1, -0.05) is 0 Å². The van der Waals surface area contributed by atoms with Crippen LogP contribution < -0.4 is 5.32 Å². The van der Waals surface area contributed by atoms with Crippen LogP contribution in [0.25, 0.3) is 0 Å². The fourth-order valence-corrected chi connectivity index (χ4v) is 2.12. The Morgan fingerprint density at radius 3 is 3.00 bits per heavy atom. The number of aromatic nitrogens is 2. The van der Waals surface area contributed by atoms with Crippen molar-refractivity contribution in [3.8, 4) is 0 Å². The first-order valence-electron chi connectivity index (χ1n) is 4.70. The fraction of sp³-hybridized carbons (Fsp3) is 0.300. The summed E-state index contributed by atoms with van der Waals surface area (Å²) in [5, 5.41) is 10.3. The number of anilines is 1. The third-order valence-electron chi connectivity index (χ3n) is 2.07. The van der Waals surface area contributed by atoms with Crippen molar-refractivity contribution in [2.75, 3.05) is 18.9 Å². The largest absolute Gasteiger partial charge is 0.374 e.